The average molecular weight is 174 g/mol. The molecule has 0 rings (SSSR count). The van der Waals surface area contributed by atoms with E-state index in [1.54, 1.807) is 13.8 Å². The van der Waals surface area contributed by atoms with Crippen LogP contribution in [0.25, 0.3) is 0 Å². The third kappa shape index (κ3) is 3.37. The van der Waals surface area contributed by atoms with Crippen molar-refractivity contribution in [2.75, 3.05) is 7.11 Å². The van der Waals surface area contributed by atoms with Gasteiger partial charge in [0.25, 0.3) is 0 Å². The van der Waals surface area contributed by atoms with E-state index < -0.39 is 18.0 Å². The van der Waals surface area contributed by atoms with E-state index in [2.05, 4.69) is 4.74 Å². The Morgan fingerprint density at radius 2 is 1.58 bits per heavy atom. The summed E-state index contributed by atoms with van der Waals surface area (Å²) in [7, 11) is 1.25. The van der Waals surface area contributed by atoms with Crippen LogP contribution in [-0.2, 0) is 19.1 Å². The lowest BCUT2D eigenvalue weighted by Gasteiger charge is -2.12. The van der Waals surface area contributed by atoms with E-state index in [0.717, 1.165) is 0 Å². The molecule has 1 atom stereocenters. The van der Waals surface area contributed by atoms with Gasteiger partial charge in [0, 0.05) is 0 Å². The molecule has 0 heterocycles. The lowest BCUT2D eigenvalue weighted by Crippen LogP contribution is -2.27. The highest BCUT2D eigenvalue weighted by atomic mass is 16.6. The fourth-order valence-electron chi connectivity index (χ4n) is 0.524. The van der Waals surface area contributed by atoms with Gasteiger partial charge in [-0.2, -0.15) is 0 Å². The molecule has 0 amide bonds. The Morgan fingerprint density at radius 1 is 1.08 bits per heavy atom. The molecule has 0 aliphatic heterocycles. The van der Waals surface area contributed by atoms with Crippen LogP contribution in [0.1, 0.15) is 20.8 Å². The highest BCUT2D eigenvalue weighted by molar-refractivity contribution is 5.79. The molecule has 0 aromatic rings. The number of carbonyl (C=O) groups excluding carboxylic acids is 2. The van der Waals surface area contributed by atoms with Crippen LogP contribution in [0.3, 0.4) is 0 Å². The maximum absolute atomic E-state index is 10.9. The first kappa shape index (κ1) is 10.9. The molecule has 0 bridgehead atoms. The zero-order chi connectivity index (χ0) is 9.72. The molecular formula is C8H14O4. The van der Waals surface area contributed by atoms with E-state index >= 15 is 0 Å². The van der Waals surface area contributed by atoms with Crippen molar-refractivity contribution in [2.24, 2.45) is 5.92 Å². The van der Waals surface area contributed by atoms with Gasteiger partial charge in [0.05, 0.1) is 13.0 Å². The first-order valence-electron chi connectivity index (χ1n) is 3.77. The summed E-state index contributed by atoms with van der Waals surface area (Å²) in [5.74, 6) is -1.16. The summed E-state index contributed by atoms with van der Waals surface area (Å²) >= 11 is 0. The topological polar surface area (TPSA) is 52.6 Å². The van der Waals surface area contributed by atoms with Crippen LogP contribution in [0.4, 0.5) is 0 Å². The van der Waals surface area contributed by atoms with E-state index in [9.17, 15) is 9.59 Å². The summed E-state index contributed by atoms with van der Waals surface area (Å²) in [4.78, 5) is 21.7. The van der Waals surface area contributed by atoms with Gasteiger partial charge < -0.3 is 9.47 Å². The molecule has 0 radical (unpaired) electrons. The molecule has 0 saturated heterocycles. The molecule has 4 heteroatoms. The fourth-order valence-corrected chi connectivity index (χ4v) is 0.524. The second-order valence-electron chi connectivity index (χ2n) is 2.76. The van der Waals surface area contributed by atoms with E-state index in [4.69, 9.17) is 4.74 Å². The molecule has 0 saturated carbocycles. The smallest absolute Gasteiger partial charge is 0.346 e. The van der Waals surface area contributed by atoms with Crippen LogP contribution >= 0.6 is 0 Å². The number of rotatable bonds is 3. The second kappa shape index (κ2) is 4.74. The van der Waals surface area contributed by atoms with E-state index in [1.807, 2.05) is 0 Å². The van der Waals surface area contributed by atoms with E-state index in [1.165, 1.54) is 14.0 Å². The van der Waals surface area contributed by atoms with E-state index in [-0.39, 0.29) is 5.92 Å². The third-order valence-electron chi connectivity index (χ3n) is 1.30. The molecule has 12 heavy (non-hydrogen) atoms. The monoisotopic (exact) mass is 174 g/mol. The maximum atomic E-state index is 10.9. The zero-order valence-electron chi connectivity index (χ0n) is 7.79. The first-order valence-corrected chi connectivity index (χ1v) is 3.77. The Kier molecular flexibility index (Phi) is 4.33. The van der Waals surface area contributed by atoms with Gasteiger partial charge >= 0.3 is 11.9 Å². The molecule has 0 N–H and O–H groups in total. The number of hydrogen-bond donors (Lipinski definition) is 0. The largest absolute Gasteiger partial charge is 0.466 e. The van der Waals surface area contributed by atoms with Gasteiger partial charge in [-0.25, -0.2) is 4.79 Å². The predicted molar refractivity (Wildman–Crippen MR) is 42.4 cm³/mol. The average Bonchev–Trinajstić information content (AvgIpc) is 2.02. The summed E-state index contributed by atoms with van der Waals surface area (Å²) in [6.45, 7) is 4.88. The van der Waals surface area contributed by atoms with Crippen molar-refractivity contribution in [3.05, 3.63) is 0 Å². The molecule has 0 aliphatic carbocycles. The van der Waals surface area contributed by atoms with Crippen LogP contribution in [0.5, 0.6) is 0 Å². The van der Waals surface area contributed by atoms with Gasteiger partial charge in [-0.05, 0) is 6.92 Å². The van der Waals surface area contributed by atoms with Crippen molar-refractivity contribution in [3.63, 3.8) is 0 Å². The fraction of sp³-hybridized carbons (Fsp3) is 0.750. The van der Waals surface area contributed by atoms with Crippen molar-refractivity contribution < 1.29 is 19.1 Å². The molecule has 0 fully saturated rings. The third-order valence-corrected chi connectivity index (χ3v) is 1.30. The van der Waals surface area contributed by atoms with Crippen LogP contribution < -0.4 is 0 Å². The summed E-state index contributed by atoms with van der Waals surface area (Å²) in [6, 6.07) is 0. The predicted octanol–water partition coefficient (Wildman–Crippen LogP) is 0.747. The molecular weight excluding hydrogens is 160 g/mol. The number of hydrogen-bond acceptors (Lipinski definition) is 4. The Labute approximate surface area is 71.8 Å². The number of methoxy groups -OCH3 is 1. The molecule has 0 spiro atoms. The SMILES string of the molecule is COC(=O)[C@H](C)OC(=O)C(C)C. The minimum absolute atomic E-state index is 0.225. The van der Waals surface area contributed by atoms with Gasteiger partial charge in [-0.1, -0.05) is 13.8 Å². The van der Waals surface area contributed by atoms with Gasteiger partial charge in [0.1, 0.15) is 0 Å². The van der Waals surface area contributed by atoms with Crippen LogP contribution in [0.2, 0.25) is 0 Å². The summed E-state index contributed by atoms with van der Waals surface area (Å²) < 4.78 is 9.13. The Balaban J connectivity index is 3.92. The highest BCUT2D eigenvalue weighted by Gasteiger charge is 2.19. The molecule has 0 aromatic heterocycles. The van der Waals surface area contributed by atoms with Gasteiger partial charge in [0.2, 0.25) is 0 Å². The molecule has 0 aliphatic rings. The van der Waals surface area contributed by atoms with Crippen molar-refractivity contribution >= 4 is 11.9 Å². The maximum Gasteiger partial charge on any atom is 0.346 e. The van der Waals surface area contributed by atoms with E-state index in [0.29, 0.717) is 0 Å². The normalized spacial score (nSPS) is 12.4. The van der Waals surface area contributed by atoms with Gasteiger partial charge in [-0.15, -0.1) is 0 Å². The number of carbonyl (C=O) groups is 2. The zero-order valence-corrected chi connectivity index (χ0v) is 7.79. The second-order valence-corrected chi connectivity index (χ2v) is 2.76. The lowest BCUT2D eigenvalue weighted by atomic mass is 10.2. The highest BCUT2D eigenvalue weighted by Crippen LogP contribution is 2.01. The van der Waals surface area contributed by atoms with Crippen LogP contribution in [0, 0.1) is 5.92 Å². The van der Waals surface area contributed by atoms with Crippen molar-refractivity contribution in [1.82, 2.24) is 0 Å². The lowest BCUT2D eigenvalue weighted by molar-refractivity contribution is -0.166. The van der Waals surface area contributed by atoms with Crippen LogP contribution in [0.15, 0.2) is 0 Å². The number of esters is 2. The minimum Gasteiger partial charge on any atom is -0.466 e. The number of ether oxygens (including phenoxy) is 2. The molecule has 70 valence electrons. The molecule has 4 nitrogen and oxygen atoms in total. The summed E-state index contributed by atoms with van der Waals surface area (Å²) in [5, 5.41) is 0. The summed E-state index contributed by atoms with van der Waals surface area (Å²) in [5.41, 5.74) is 0. The minimum atomic E-state index is -0.815. The Hall–Kier alpha value is -1.06. The quantitative estimate of drug-likeness (QED) is 0.592. The first-order chi connectivity index (χ1) is 5.49. The van der Waals surface area contributed by atoms with Gasteiger partial charge in [0.15, 0.2) is 6.10 Å². The van der Waals surface area contributed by atoms with Crippen molar-refractivity contribution in [2.45, 2.75) is 26.9 Å². The van der Waals surface area contributed by atoms with Crippen molar-refractivity contribution in [1.29, 1.82) is 0 Å². The Morgan fingerprint density at radius 3 is 1.92 bits per heavy atom. The Bertz CT molecular complexity index is 174. The van der Waals surface area contributed by atoms with Crippen LogP contribution in [-0.4, -0.2) is 25.2 Å². The molecule has 0 unspecified atom stereocenters. The van der Waals surface area contributed by atoms with Gasteiger partial charge in [-0.3, -0.25) is 4.79 Å². The van der Waals surface area contributed by atoms with Crippen molar-refractivity contribution in [3.8, 4) is 0 Å². The molecule has 0 aromatic carbocycles. The standard InChI is InChI=1S/C8H14O4/c1-5(2)7(9)12-6(3)8(10)11-4/h5-6H,1-4H3/t6-/m0/s1. The summed E-state index contributed by atoms with van der Waals surface area (Å²) in [6.07, 6.45) is -0.815.